The number of benzene rings is 1. The molecule has 0 radical (unpaired) electrons. The summed E-state index contributed by atoms with van der Waals surface area (Å²) in [4.78, 5) is 10.4. The number of hydrogen-bond acceptors (Lipinski definition) is 4. The zero-order valence-corrected chi connectivity index (χ0v) is 7.38. The molecule has 0 saturated heterocycles. The van der Waals surface area contributed by atoms with Gasteiger partial charge in [0.25, 0.3) is 0 Å². The summed E-state index contributed by atoms with van der Waals surface area (Å²) in [7, 11) is 1.50. The molecule has 0 unspecified atom stereocenters. The van der Waals surface area contributed by atoms with Crippen LogP contribution >= 0.6 is 12.9 Å². The minimum atomic E-state index is 0.492. The summed E-state index contributed by atoms with van der Waals surface area (Å²) in [6.07, 6.45) is 0.741. The summed E-state index contributed by atoms with van der Waals surface area (Å²) in [6.45, 7) is 0. The van der Waals surface area contributed by atoms with Gasteiger partial charge in [-0.15, -0.1) is 0 Å². The first kappa shape index (κ1) is 8.93. The van der Waals surface area contributed by atoms with Crippen LogP contribution in [-0.2, 0) is 0 Å². The van der Waals surface area contributed by atoms with Gasteiger partial charge in [-0.1, -0.05) is 0 Å². The highest BCUT2D eigenvalue weighted by molar-refractivity contribution is 7.75. The highest BCUT2D eigenvalue weighted by atomic mass is 32.1. The maximum absolute atomic E-state index is 10.4. The van der Waals surface area contributed by atoms with Crippen LogP contribution in [0.1, 0.15) is 10.4 Å². The smallest absolute Gasteiger partial charge is 0.178 e. The van der Waals surface area contributed by atoms with Gasteiger partial charge in [-0.25, -0.2) is 0 Å². The third-order valence-electron chi connectivity index (χ3n) is 1.42. The molecule has 0 bridgehead atoms. The first-order valence-electron chi connectivity index (χ1n) is 3.26. The van der Waals surface area contributed by atoms with Crippen LogP contribution in [0, 0.1) is 0 Å². The minimum absolute atomic E-state index is 0.492. The Morgan fingerprint density at radius 2 is 2.17 bits per heavy atom. The predicted octanol–water partition coefficient (Wildman–Crippen LogP) is 1.73. The van der Waals surface area contributed by atoms with Crippen molar-refractivity contribution >= 4 is 19.2 Å². The average Bonchev–Trinajstić information content (AvgIpc) is 2.16. The van der Waals surface area contributed by atoms with Crippen LogP contribution in [0.2, 0.25) is 0 Å². The van der Waals surface area contributed by atoms with E-state index in [1.165, 1.54) is 7.11 Å². The Balaban J connectivity index is 3.10. The molecule has 0 amide bonds. The van der Waals surface area contributed by atoms with Crippen LogP contribution in [0.25, 0.3) is 0 Å². The van der Waals surface area contributed by atoms with Gasteiger partial charge in [0.2, 0.25) is 0 Å². The van der Waals surface area contributed by atoms with Crippen molar-refractivity contribution in [2.45, 2.75) is 0 Å². The molecule has 0 aliphatic carbocycles. The monoisotopic (exact) mass is 184 g/mol. The first-order chi connectivity index (χ1) is 5.81. The van der Waals surface area contributed by atoms with Crippen molar-refractivity contribution in [2.24, 2.45) is 0 Å². The van der Waals surface area contributed by atoms with Gasteiger partial charge in [0.15, 0.2) is 11.5 Å². The van der Waals surface area contributed by atoms with E-state index in [2.05, 4.69) is 17.1 Å². The van der Waals surface area contributed by atoms with Gasteiger partial charge in [-0.2, -0.15) is 0 Å². The fourth-order valence-electron chi connectivity index (χ4n) is 0.833. The number of hydrogen-bond donors (Lipinski definition) is 1. The number of ether oxygens (including phenoxy) is 1. The van der Waals surface area contributed by atoms with Gasteiger partial charge >= 0.3 is 0 Å². The van der Waals surface area contributed by atoms with Crippen LogP contribution in [0.15, 0.2) is 18.2 Å². The largest absolute Gasteiger partial charge is 0.493 e. The molecule has 0 aromatic heterocycles. The molecule has 1 aromatic carbocycles. The van der Waals surface area contributed by atoms with Crippen molar-refractivity contribution in [1.82, 2.24) is 0 Å². The number of methoxy groups -OCH3 is 1. The van der Waals surface area contributed by atoms with Gasteiger partial charge in [0.05, 0.1) is 7.11 Å². The van der Waals surface area contributed by atoms with Crippen molar-refractivity contribution in [3.8, 4) is 11.5 Å². The molecule has 0 spiro atoms. The second-order valence-electron chi connectivity index (χ2n) is 2.12. The van der Waals surface area contributed by atoms with Gasteiger partial charge in [-0.3, -0.25) is 4.79 Å². The van der Waals surface area contributed by atoms with E-state index < -0.39 is 0 Å². The molecular weight excluding hydrogens is 176 g/mol. The Morgan fingerprint density at radius 1 is 1.42 bits per heavy atom. The first-order valence-corrected chi connectivity index (χ1v) is 3.63. The van der Waals surface area contributed by atoms with Gasteiger partial charge in [0.1, 0.15) is 6.29 Å². The second-order valence-corrected chi connectivity index (χ2v) is 2.30. The second kappa shape index (κ2) is 4.01. The highest BCUT2D eigenvalue weighted by Crippen LogP contribution is 2.27. The fraction of sp³-hybridized carbons (Fsp3) is 0.125. The fourth-order valence-corrected chi connectivity index (χ4v) is 0.984. The Bertz CT molecular complexity index is 286. The van der Waals surface area contributed by atoms with E-state index in [-0.39, 0.29) is 0 Å². The molecule has 0 aliphatic rings. The summed E-state index contributed by atoms with van der Waals surface area (Å²) in [5.41, 5.74) is 0.543. The standard InChI is InChI=1S/C8H8O3S/c1-10-8-4-6(5-9)2-3-7(8)11-12/h2-5,12H,1H3. The van der Waals surface area contributed by atoms with Crippen molar-refractivity contribution in [2.75, 3.05) is 7.11 Å². The van der Waals surface area contributed by atoms with E-state index in [1.807, 2.05) is 0 Å². The third kappa shape index (κ3) is 1.71. The molecule has 64 valence electrons. The van der Waals surface area contributed by atoms with E-state index in [0.717, 1.165) is 6.29 Å². The summed E-state index contributed by atoms with van der Waals surface area (Å²) in [5, 5.41) is 0. The van der Waals surface area contributed by atoms with Gasteiger partial charge < -0.3 is 8.92 Å². The molecule has 0 heterocycles. The summed E-state index contributed by atoms with van der Waals surface area (Å²) in [5.74, 6) is 0.987. The molecule has 0 N–H and O–H groups in total. The van der Waals surface area contributed by atoms with Crippen molar-refractivity contribution in [3.63, 3.8) is 0 Å². The Labute approximate surface area is 75.9 Å². The number of aldehydes is 1. The summed E-state index contributed by atoms with van der Waals surface area (Å²) < 4.78 is 9.64. The number of carbonyl (C=O) groups is 1. The quantitative estimate of drug-likeness (QED) is 0.441. The van der Waals surface area contributed by atoms with E-state index in [1.54, 1.807) is 18.2 Å². The van der Waals surface area contributed by atoms with Gasteiger partial charge in [-0.05, 0) is 18.2 Å². The lowest BCUT2D eigenvalue weighted by atomic mass is 10.2. The molecule has 12 heavy (non-hydrogen) atoms. The summed E-state index contributed by atoms with van der Waals surface area (Å²) >= 11 is 3.63. The lowest BCUT2D eigenvalue weighted by molar-refractivity contribution is 0.112. The van der Waals surface area contributed by atoms with Crippen LogP contribution in [-0.4, -0.2) is 13.4 Å². The number of carbonyl (C=O) groups excluding carboxylic acids is 1. The maximum atomic E-state index is 10.4. The molecule has 1 rings (SSSR count). The Hall–Kier alpha value is -1.16. The van der Waals surface area contributed by atoms with Crippen molar-refractivity contribution < 1.29 is 13.7 Å². The Morgan fingerprint density at radius 3 is 2.67 bits per heavy atom. The van der Waals surface area contributed by atoms with E-state index in [4.69, 9.17) is 4.74 Å². The van der Waals surface area contributed by atoms with Gasteiger partial charge in [0, 0.05) is 18.5 Å². The lowest BCUT2D eigenvalue weighted by Gasteiger charge is -2.05. The SMILES string of the molecule is COc1cc(C=O)ccc1OS. The molecule has 1 aromatic rings. The van der Waals surface area contributed by atoms with Crippen molar-refractivity contribution in [1.29, 1.82) is 0 Å². The average molecular weight is 184 g/mol. The number of rotatable bonds is 3. The molecule has 4 heteroatoms. The van der Waals surface area contributed by atoms with Crippen molar-refractivity contribution in [3.05, 3.63) is 23.8 Å². The zero-order chi connectivity index (χ0) is 8.97. The topological polar surface area (TPSA) is 35.5 Å². The van der Waals surface area contributed by atoms with E-state index in [0.29, 0.717) is 17.1 Å². The number of thiol groups is 1. The van der Waals surface area contributed by atoms with E-state index in [9.17, 15) is 4.79 Å². The molecule has 0 atom stereocenters. The Kier molecular flexibility index (Phi) is 2.99. The zero-order valence-electron chi connectivity index (χ0n) is 6.48. The minimum Gasteiger partial charge on any atom is -0.493 e. The maximum Gasteiger partial charge on any atom is 0.178 e. The summed E-state index contributed by atoms with van der Waals surface area (Å²) in [6, 6.07) is 4.83. The molecule has 3 nitrogen and oxygen atoms in total. The van der Waals surface area contributed by atoms with Crippen LogP contribution < -0.4 is 8.92 Å². The molecule has 0 aliphatic heterocycles. The molecule has 0 saturated carbocycles. The molecular formula is C8H8O3S. The van der Waals surface area contributed by atoms with Crippen LogP contribution in [0.5, 0.6) is 11.5 Å². The molecule has 0 fully saturated rings. The third-order valence-corrected chi connectivity index (χ3v) is 1.62. The lowest BCUT2D eigenvalue weighted by Crippen LogP contribution is -1.88. The predicted molar refractivity (Wildman–Crippen MR) is 48.0 cm³/mol. The van der Waals surface area contributed by atoms with E-state index >= 15 is 0 Å². The van der Waals surface area contributed by atoms with Crippen LogP contribution in [0.3, 0.4) is 0 Å². The normalized spacial score (nSPS) is 9.17. The van der Waals surface area contributed by atoms with Crippen LogP contribution in [0.4, 0.5) is 0 Å². The highest BCUT2D eigenvalue weighted by Gasteiger charge is 2.03.